The quantitative estimate of drug-likeness (QED) is 0.878. The van der Waals surface area contributed by atoms with E-state index in [1.807, 2.05) is 23.9 Å². The number of carbonyl (C=O) groups is 1. The van der Waals surface area contributed by atoms with Crippen LogP contribution in [0, 0.1) is 0 Å². The van der Waals surface area contributed by atoms with Gasteiger partial charge in [-0.1, -0.05) is 26.0 Å². The Morgan fingerprint density at radius 2 is 2.00 bits per heavy atom. The summed E-state index contributed by atoms with van der Waals surface area (Å²) in [6, 6.07) is 5.79. The number of hydrogen-bond donors (Lipinski definition) is 1. The predicted molar refractivity (Wildman–Crippen MR) is 85.7 cm³/mol. The zero-order chi connectivity index (χ0) is 14.9. The van der Waals surface area contributed by atoms with Crippen LogP contribution in [0.2, 0.25) is 0 Å². The first kappa shape index (κ1) is 15.0. The zero-order valence-electron chi connectivity index (χ0n) is 12.4. The Morgan fingerprint density at radius 1 is 1.30 bits per heavy atom. The Labute approximate surface area is 124 Å². The second-order valence-corrected chi connectivity index (χ2v) is 7.09. The number of aromatic nitrogens is 1. The number of carboxylic acid groups (broad SMARTS) is 1. The maximum atomic E-state index is 11.4. The maximum Gasteiger partial charge on any atom is 0.337 e. The molecule has 1 N–H and O–H groups in total. The highest BCUT2D eigenvalue weighted by molar-refractivity contribution is 7.99. The van der Waals surface area contributed by atoms with Crippen LogP contribution in [0.4, 0.5) is 0 Å². The van der Waals surface area contributed by atoms with Crippen molar-refractivity contribution in [3.8, 4) is 0 Å². The van der Waals surface area contributed by atoms with E-state index < -0.39 is 5.97 Å². The van der Waals surface area contributed by atoms with Crippen LogP contribution in [0.5, 0.6) is 0 Å². The fourth-order valence-corrected chi connectivity index (χ4v) is 3.08. The first-order valence-corrected chi connectivity index (χ1v) is 7.94. The van der Waals surface area contributed by atoms with E-state index in [-0.39, 0.29) is 6.04 Å². The van der Waals surface area contributed by atoms with Gasteiger partial charge < -0.3 is 9.67 Å². The lowest BCUT2D eigenvalue weighted by Gasteiger charge is -2.10. The van der Waals surface area contributed by atoms with Gasteiger partial charge >= 0.3 is 5.97 Å². The molecule has 0 aliphatic rings. The van der Waals surface area contributed by atoms with Crippen molar-refractivity contribution >= 4 is 28.6 Å². The highest BCUT2D eigenvalue weighted by Crippen LogP contribution is 2.31. The van der Waals surface area contributed by atoms with Gasteiger partial charge in [0, 0.05) is 23.4 Å². The molecule has 108 valence electrons. The van der Waals surface area contributed by atoms with Gasteiger partial charge in [-0.15, -0.1) is 0 Å². The lowest BCUT2D eigenvalue weighted by molar-refractivity contribution is 0.0698. The summed E-state index contributed by atoms with van der Waals surface area (Å²) >= 11 is 1.88. The molecule has 0 aliphatic heterocycles. The highest BCUT2D eigenvalue weighted by atomic mass is 32.2. The van der Waals surface area contributed by atoms with Gasteiger partial charge in [0.2, 0.25) is 0 Å². The second kappa shape index (κ2) is 5.92. The number of para-hydroxylation sites is 1. The van der Waals surface area contributed by atoms with Crippen LogP contribution in [0.3, 0.4) is 0 Å². The molecule has 3 nitrogen and oxygen atoms in total. The van der Waals surface area contributed by atoms with E-state index in [9.17, 15) is 9.90 Å². The van der Waals surface area contributed by atoms with Gasteiger partial charge in [0.25, 0.3) is 0 Å². The molecule has 4 heteroatoms. The third kappa shape index (κ3) is 2.85. The summed E-state index contributed by atoms with van der Waals surface area (Å²) in [6.07, 6.45) is 2.11. The monoisotopic (exact) mass is 291 g/mol. The van der Waals surface area contributed by atoms with E-state index in [2.05, 4.69) is 38.5 Å². The number of hydrogen-bond acceptors (Lipinski definition) is 2. The number of rotatable bonds is 5. The third-order valence-electron chi connectivity index (χ3n) is 3.29. The minimum absolute atomic E-state index is 0.246. The smallest absolute Gasteiger partial charge is 0.337 e. The number of nitrogens with zero attached hydrogens (tertiary/aromatic N) is 1. The van der Waals surface area contributed by atoms with Crippen LogP contribution >= 0.6 is 11.8 Å². The summed E-state index contributed by atoms with van der Waals surface area (Å²) in [5.41, 5.74) is 2.45. The van der Waals surface area contributed by atoms with E-state index in [4.69, 9.17) is 0 Å². The molecule has 0 saturated heterocycles. The van der Waals surface area contributed by atoms with Gasteiger partial charge in [-0.2, -0.15) is 11.8 Å². The van der Waals surface area contributed by atoms with Crippen molar-refractivity contribution in [2.75, 3.05) is 0 Å². The SMILES string of the molecule is CC(C)SCc1cn(C(C)C)c2c(C(=O)O)cccc12. The average molecular weight is 291 g/mol. The standard InChI is InChI=1S/C16H21NO2S/c1-10(2)17-8-12(9-20-11(3)4)13-6-5-7-14(15(13)17)16(18)19/h5-8,10-11H,9H2,1-4H3,(H,18,19). The van der Waals surface area contributed by atoms with E-state index >= 15 is 0 Å². The Hall–Kier alpha value is -1.42. The summed E-state index contributed by atoms with van der Waals surface area (Å²) in [6.45, 7) is 8.51. The molecule has 1 aromatic heterocycles. The van der Waals surface area contributed by atoms with E-state index in [1.165, 1.54) is 5.56 Å². The van der Waals surface area contributed by atoms with Gasteiger partial charge in [0.1, 0.15) is 0 Å². The van der Waals surface area contributed by atoms with E-state index in [1.54, 1.807) is 6.07 Å². The molecule has 0 amide bonds. The van der Waals surface area contributed by atoms with Crippen molar-refractivity contribution < 1.29 is 9.90 Å². The largest absolute Gasteiger partial charge is 0.478 e. The first-order valence-electron chi connectivity index (χ1n) is 6.89. The van der Waals surface area contributed by atoms with Crippen molar-refractivity contribution in [1.82, 2.24) is 4.57 Å². The van der Waals surface area contributed by atoms with Crippen molar-refractivity contribution in [2.45, 2.75) is 44.7 Å². The average Bonchev–Trinajstić information content (AvgIpc) is 2.75. The van der Waals surface area contributed by atoms with Gasteiger partial charge in [-0.3, -0.25) is 0 Å². The molecule has 0 saturated carbocycles. The van der Waals surface area contributed by atoms with Crippen LogP contribution in [0.15, 0.2) is 24.4 Å². The van der Waals surface area contributed by atoms with Gasteiger partial charge in [-0.25, -0.2) is 4.79 Å². The second-order valence-electron chi connectivity index (χ2n) is 5.52. The van der Waals surface area contributed by atoms with Crippen LogP contribution in [0.1, 0.15) is 49.7 Å². The summed E-state index contributed by atoms with van der Waals surface area (Å²) in [5.74, 6) is 0.0513. The number of benzene rings is 1. The molecule has 0 spiro atoms. The molecule has 1 heterocycles. The van der Waals surface area contributed by atoms with Crippen LogP contribution in [0.25, 0.3) is 10.9 Å². The molecule has 2 rings (SSSR count). The summed E-state index contributed by atoms with van der Waals surface area (Å²) in [7, 11) is 0. The Kier molecular flexibility index (Phi) is 4.43. The minimum Gasteiger partial charge on any atom is -0.478 e. The van der Waals surface area contributed by atoms with Crippen LogP contribution in [-0.4, -0.2) is 20.9 Å². The molecule has 0 atom stereocenters. The summed E-state index contributed by atoms with van der Waals surface area (Å²) in [5, 5.41) is 11.0. The fourth-order valence-electron chi connectivity index (χ4n) is 2.33. The van der Waals surface area contributed by atoms with Gasteiger partial charge in [-0.05, 0) is 30.7 Å². The maximum absolute atomic E-state index is 11.4. The van der Waals surface area contributed by atoms with Crippen LogP contribution < -0.4 is 0 Å². The van der Waals surface area contributed by atoms with Gasteiger partial charge in [0.05, 0.1) is 11.1 Å². The molecule has 20 heavy (non-hydrogen) atoms. The number of carboxylic acids is 1. The lowest BCUT2D eigenvalue weighted by Crippen LogP contribution is -2.04. The molecule has 0 radical (unpaired) electrons. The van der Waals surface area contributed by atoms with Gasteiger partial charge in [0.15, 0.2) is 0 Å². The fraction of sp³-hybridized carbons (Fsp3) is 0.438. The number of thioether (sulfide) groups is 1. The molecule has 2 aromatic rings. The van der Waals surface area contributed by atoms with Crippen molar-refractivity contribution in [3.05, 3.63) is 35.5 Å². The zero-order valence-corrected chi connectivity index (χ0v) is 13.2. The highest BCUT2D eigenvalue weighted by Gasteiger charge is 2.17. The van der Waals surface area contributed by atoms with Crippen molar-refractivity contribution in [3.63, 3.8) is 0 Å². The minimum atomic E-state index is -0.862. The van der Waals surface area contributed by atoms with E-state index in [0.29, 0.717) is 10.8 Å². The Morgan fingerprint density at radius 3 is 2.55 bits per heavy atom. The topological polar surface area (TPSA) is 42.2 Å². The Balaban J connectivity index is 2.61. The predicted octanol–water partition coefficient (Wildman–Crippen LogP) is 4.56. The summed E-state index contributed by atoms with van der Waals surface area (Å²) < 4.78 is 2.08. The summed E-state index contributed by atoms with van der Waals surface area (Å²) in [4.78, 5) is 11.4. The van der Waals surface area contributed by atoms with Crippen LogP contribution in [-0.2, 0) is 5.75 Å². The molecule has 1 aromatic carbocycles. The molecular formula is C16H21NO2S. The van der Waals surface area contributed by atoms with E-state index in [0.717, 1.165) is 16.7 Å². The molecule has 0 bridgehead atoms. The molecule has 0 aliphatic carbocycles. The molecular weight excluding hydrogens is 270 g/mol. The van der Waals surface area contributed by atoms with Crippen molar-refractivity contribution in [2.24, 2.45) is 0 Å². The lowest BCUT2D eigenvalue weighted by atomic mass is 10.1. The molecule has 0 fully saturated rings. The third-order valence-corrected chi connectivity index (χ3v) is 4.44. The Bertz CT molecular complexity index is 629. The number of aromatic carboxylic acids is 1. The molecule has 0 unspecified atom stereocenters. The number of fused-ring (bicyclic) bond motifs is 1. The first-order chi connectivity index (χ1) is 9.41. The normalized spacial score (nSPS) is 11.7. The van der Waals surface area contributed by atoms with Crippen molar-refractivity contribution in [1.29, 1.82) is 0 Å².